The third kappa shape index (κ3) is 7.36. The molecule has 41 heavy (non-hydrogen) atoms. The minimum absolute atomic E-state index is 0.0875. The third-order valence-corrected chi connectivity index (χ3v) is 8.00. The van der Waals surface area contributed by atoms with Gasteiger partial charge in [-0.05, 0) is 74.0 Å². The number of hydrazone groups is 1. The highest BCUT2D eigenvalue weighted by Gasteiger charge is 2.29. The summed E-state index contributed by atoms with van der Waals surface area (Å²) in [7, 11) is -4.29. The standard InChI is InChI=1S/C30H26ClFN4O4S/c1-20-13-15-26(16-14-20)41(39,40)36(28-12-4-3-11-27(28)32)19-29(37)35-34-21(2)22-7-6-10-25(18-22)33-30(38)23-8-5-9-24(31)17-23/h3-18H,19H2,1-2H3,(H,33,38)(H,35,37)/b34-21-. The van der Waals surface area contributed by atoms with Gasteiger partial charge in [0.05, 0.1) is 16.3 Å². The van der Waals surface area contributed by atoms with Gasteiger partial charge in [0.15, 0.2) is 0 Å². The number of carbonyl (C=O) groups is 2. The number of aryl methyl sites for hydroxylation is 1. The van der Waals surface area contributed by atoms with Gasteiger partial charge >= 0.3 is 0 Å². The number of amides is 2. The first-order chi connectivity index (χ1) is 19.5. The molecule has 0 aliphatic heterocycles. The maximum atomic E-state index is 14.7. The van der Waals surface area contributed by atoms with E-state index in [0.29, 0.717) is 31.9 Å². The third-order valence-electron chi connectivity index (χ3n) is 5.99. The fourth-order valence-corrected chi connectivity index (χ4v) is 5.44. The Labute approximate surface area is 242 Å². The molecule has 0 atom stereocenters. The number of hydrogen-bond donors (Lipinski definition) is 2. The van der Waals surface area contributed by atoms with Crippen LogP contribution >= 0.6 is 11.6 Å². The van der Waals surface area contributed by atoms with Crippen molar-refractivity contribution < 1.29 is 22.4 Å². The van der Waals surface area contributed by atoms with E-state index in [-0.39, 0.29) is 16.5 Å². The van der Waals surface area contributed by atoms with Crippen molar-refractivity contribution in [2.45, 2.75) is 18.7 Å². The summed E-state index contributed by atoms with van der Waals surface area (Å²) in [5.74, 6) is -1.93. The maximum absolute atomic E-state index is 14.7. The number of hydrogen-bond acceptors (Lipinski definition) is 5. The molecular formula is C30H26ClFN4O4S. The summed E-state index contributed by atoms with van der Waals surface area (Å²) in [5, 5.41) is 7.31. The van der Waals surface area contributed by atoms with Crippen LogP contribution in [0.15, 0.2) is 107 Å². The SMILES string of the molecule is C/C(=N/NC(=O)CN(c1ccccc1F)S(=O)(=O)c1ccc(C)cc1)c1cccc(NC(=O)c2cccc(Cl)c2)c1. The van der Waals surface area contributed by atoms with E-state index in [2.05, 4.69) is 15.8 Å². The molecule has 0 aliphatic rings. The van der Waals surface area contributed by atoms with Gasteiger partial charge in [-0.15, -0.1) is 0 Å². The Morgan fingerprint density at radius 1 is 0.902 bits per heavy atom. The van der Waals surface area contributed by atoms with Gasteiger partial charge in [-0.3, -0.25) is 13.9 Å². The normalized spacial score (nSPS) is 11.6. The second kappa shape index (κ2) is 12.8. The lowest BCUT2D eigenvalue weighted by molar-refractivity contribution is -0.119. The van der Waals surface area contributed by atoms with Crippen molar-refractivity contribution in [1.29, 1.82) is 0 Å². The van der Waals surface area contributed by atoms with Crippen molar-refractivity contribution >= 4 is 50.5 Å². The van der Waals surface area contributed by atoms with Crippen molar-refractivity contribution in [3.63, 3.8) is 0 Å². The molecule has 0 unspecified atom stereocenters. The number of rotatable bonds is 9. The highest BCUT2D eigenvalue weighted by Crippen LogP contribution is 2.26. The molecule has 4 aromatic carbocycles. The number of nitrogens with one attached hydrogen (secondary N) is 2. The van der Waals surface area contributed by atoms with Crippen LogP contribution in [0, 0.1) is 12.7 Å². The van der Waals surface area contributed by atoms with Crippen molar-refractivity contribution in [3.8, 4) is 0 Å². The summed E-state index contributed by atoms with van der Waals surface area (Å²) < 4.78 is 42.3. The molecule has 8 nitrogen and oxygen atoms in total. The minimum Gasteiger partial charge on any atom is -0.322 e. The molecule has 2 amide bonds. The quantitative estimate of drug-likeness (QED) is 0.190. The summed E-state index contributed by atoms with van der Waals surface area (Å²) in [5.41, 5.74) is 4.77. The van der Waals surface area contributed by atoms with Gasteiger partial charge in [0.25, 0.3) is 21.8 Å². The summed E-state index contributed by atoms with van der Waals surface area (Å²) in [6.07, 6.45) is 0. The van der Waals surface area contributed by atoms with Crippen molar-refractivity contribution in [1.82, 2.24) is 5.43 Å². The van der Waals surface area contributed by atoms with Crippen LogP contribution in [0.3, 0.4) is 0 Å². The minimum atomic E-state index is -4.29. The van der Waals surface area contributed by atoms with Gasteiger partial charge in [-0.2, -0.15) is 5.10 Å². The van der Waals surface area contributed by atoms with E-state index in [9.17, 15) is 22.4 Å². The van der Waals surface area contributed by atoms with E-state index in [4.69, 9.17) is 11.6 Å². The molecule has 0 fully saturated rings. The lowest BCUT2D eigenvalue weighted by atomic mass is 10.1. The maximum Gasteiger partial charge on any atom is 0.264 e. The second-order valence-corrected chi connectivity index (χ2v) is 11.4. The molecule has 210 valence electrons. The highest BCUT2D eigenvalue weighted by molar-refractivity contribution is 7.92. The molecule has 11 heteroatoms. The van der Waals surface area contributed by atoms with Crippen LogP contribution in [0.25, 0.3) is 0 Å². The van der Waals surface area contributed by atoms with E-state index in [0.717, 1.165) is 11.6 Å². The molecule has 0 saturated carbocycles. The van der Waals surface area contributed by atoms with Crippen LogP contribution in [-0.2, 0) is 14.8 Å². The van der Waals surface area contributed by atoms with Crippen LogP contribution in [0.1, 0.15) is 28.4 Å². The molecule has 0 bridgehead atoms. The Balaban J connectivity index is 1.51. The molecule has 2 N–H and O–H groups in total. The van der Waals surface area contributed by atoms with E-state index in [1.807, 2.05) is 6.92 Å². The zero-order chi connectivity index (χ0) is 29.6. The number of nitrogens with zero attached hydrogens (tertiary/aromatic N) is 2. The van der Waals surface area contributed by atoms with Gasteiger partial charge in [-0.25, -0.2) is 18.2 Å². The number of carbonyl (C=O) groups excluding carboxylic acids is 2. The van der Waals surface area contributed by atoms with Crippen molar-refractivity contribution in [3.05, 3.63) is 125 Å². The van der Waals surface area contributed by atoms with Gasteiger partial charge in [0.1, 0.15) is 12.4 Å². The molecule has 4 rings (SSSR count). The Bertz CT molecular complexity index is 1730. The van der Waals surface area contributed by atoms with E-state index >= 15 is 0 Å². The zero-order valence-corrected chi connectivity index (χ0v) is 23.7. The van der Waals surface area contributed by atoms with Gasteiger partial charge in [0.2, 0.25) is 0 Å². The summed E-state index contributed by atoms with van der Waals surface area (Å²) in [6.45, 7) is 2.72. The van der Waals surface area contributed by atoms with Gasteiger partial charge < -0.3 is 5.32 Å². The Morgan fingerprint density at radius 2 is 1.59 bits per heavy atom. The first-order valence-corrected chi connectivity index (χ1v) is 14.2. The van der Waals surface area contributed by atoms with E-state index in [1.165, 1.54) is 30.3 Å². The molecule has 0 saturated heterocycles. The van der Waals surface area contributed by atoms with Gasteiger partial charge in [0, 0.05) is 16.3 Å². The predicted molar refractivity (Wildman–Crippen MR) is 158 cm³/mol. The predicted octanol–water partition coefficient (Wildman–Crippen LogP) is 5.78. The fraction of sp³-hybridized carbons (Fsp3) is 0.100. The fourth-order valence-electron chi connectivity index (χ4n) is 3.82. The summed E-state index contributed by atoms with van der Waals surface area (Å²) >= 11 is 5.97. The summed E-state index contributed by atoms with van der Waals surface area (Å²) in [6, 6.07) is 24.7. The molecule has 0 spiro atoms. The smallest absolute Gasteiger partial charge is 0.264 e. The number of benzene rings is 4. The highest BCUT2D eigenvalue weighted by atomic mass is 35.5. The zero-order valence-electron chi connectivity index (χ0n) is 22.1. The lowest BCUT2D eigenvalue weighted by Crippen LogP contribution is -2.40. The number of anilines is 2. The van der Waals surface area contributed by atoms with E-state index < -0.39 is 28.3 Å². The van der Waals surface area contributed by atoms with Crippen molar-refractivity contribution in [2.75, 3.05) is 16.2 Å². The molecule has 0 heterocycles. The Kier molecular flexibility index (Phi) is 9.16. The first-order valence-electron chi connectivity index (χ1n) is 12.4. The first kappa shape index (κ1) is 29.4. The average molecular weight is 593 g/mol. The topological polar surface area (TPSA) is 108 Å². The molecule has 0 aromatic heterocycles. The second-order valence-electron chi connectivity index (χ2n) is 9.05. The van der Waals surface area contributed by atoms with Crippen LogP contribution < -0.4 is 15.0 Å². The number of halogens is 2. The monoisotopic (exact) mass is 592 g/mol. The summed E-state index contributed by atoms with van der Waals surface area (Å²) in [4.78, 5) is 25.4. The number of para-hydroxylation sites is 1. The van der Waals surface area contributed by atoms with Gasteiger partial charge in [-0.1, -0.05) is 59.6 Å². The Hall–Kier alpha value is -4.54. The Morgan fingerprint density at radius 3 is 2.29 bits per heavy atom. The molecule has 4 aromatic rings. The molecule has 0 radical (unpaired) electrons. The molecule has 0 aliphatic carbocycles. The van der Waals surface area contributed by atoms with Crippen molar-refractivity contribution in [2.24, 2.45) is 5.10 Å². The molecular weight excluding hydrogens is 567 g/mol. The van der Waals surface area contributed by atoms with Crippen LogP contribution in [0.4, 0.5) is 15.8 Å². The number of sulfonamides is 1. The van der Waals surface area contributed by atoms with E-state index in [1.54, 1.807) is 67.6 Å². The average Bonchev–Trinajstić information content (AvgIpc) is 2.95. The largest absolute Gasteiger partial charge is 0.322 e. The lowest BCUT2D eigenvalue weighted by Gasteiger charge is -2.24. The van der Waals surface area contributed by atoms with Crippen LogP contribution in [0.5, 0.6) is 0 Å². The van der Waals surface area contributed by atoms with Crippen LogP contribution in [0.2, 0.25) is 5.02 Å². The van der Waals surface area contributed by atoms with Crippen LogP contribution in [-0.4, -0.2) is 32.5 Å².